The van der Waals surface area contributed by atoms with Crippen LogP contribution < -0.4 is 14.2 Å². The lowest BCUT2D eigenvalue weighted by Crippen LogP contribution is -2.48. The molecule has 0 radical (unpaired) electrons. The van der Waals surface area contributed by atoms with Gasteiger partial charge in [-0.15, -0.1) is 0 Å². The third-order valence-corrected chi connectivity index (χ3v) is 14.9. The standard InChI is InChI=1S/C43H56FN3O9S/c1-7-31-37-36(29-20-28(54-6)15-16-32(29)45-31)30(44)22-42(56-37)23-33-34(48)24-43(39(51)46-57(52,53)41(5)17-18-41)21-27(43)14-12-10-8-9-11-13-26(38(50)47(33)25-42)19-35(49)55-40(2,3)4/h12,14-16,20,26-27,30,33H,7-11,13,17-19,21-25H2,1-6H3,(H,46,51)/b14-12-/t26-,27-,30-,33?,42-,43-/m1/s1. The number of hydrogen-bond donors (Lipinski definition) is 1. The van der Waals surface area contributed by atoms with E-state index in [1.807, 2.05) is 19.1 Å². The monoisotopic (exact) mass is 809 g/mol. The smallest absolute Gasteiger partial charge is 0.307 e. The van der Waals surface area contributed by atoms with Gasteiger partial charge in [-0.05, 0) is 96.8 Å². The van der Waals surface area contributed by atoms with Gasteiger partial charge < -0.3 is 19.1 Å². The average molecular weight is 810 g/mol. The topological polar surface area (TPSA) is 158 Å². The number of sulfonamides is 1. The number of rotatable bonds is 7. The fraction of sp³-hybridized carbons (Fsp3) is 0.651. The van der Waals surface area contributed by atoms with E-state index in [1.54, 1.807) is 45.9 Å². The minimum Gasteiger partial charge on any atom is -0.497 e. The van der Waals surface area contributed by atoms with E-state index in [-0.39, 0.29) is 50.3 Å². The number of nitrogens with zero attached hydrogens (tertiary/aromatic N) is 2. The molecule has 1 saturated heterocycles. The van der Waals surface area contributed by atoms with E-state index in [0.717, 1.165) is 12.8 Å². The fourth-order valence-corrected chi connectivity index (χ4v) is 10.4. The molecule has 4 heterocycles. The number of allylic oxidation sites excluding steroid dienone is 2. The Kier molecular flexibility index (Phi) is 10.8. The van der Waals surface area contributed by atoms with Crippen molar-refractivity contribution in [3.63, 3.8) is 0 Å². The molecular formula is C43H56FN3O9S. The summed E-state index contributed by atoms with van der Waals surface area (Å²) in [4.78, 5) is 63.2. The van der Waals surface area contributed by atoms with Crippen LogP contribution in [0.4, 0.5) is 4.39 Å². The zero-order valence-electron chi connectivity index (χ0n) is 34.0. The Morgan fingerprint density at radius 2 is 1.86 bits per heavy atom. The van der Waals surface area contributed by atoms with Crippen LogP contribution >= 0.6 is 0 Å². The number of fused-ring (bicyclic) bond motifs is 5. The van der Waals surface area contributed by atoms with Gasteiger partial charge >= 0.3 is 5.97 Å². The lowest BCUT2D eigenvalue weighted by molar-refractivity contribution is -0.159. The van der Waals surface area contributed by atoms with Crippen LogP contribution in [0.5, 0.6) is 11.5 Å². The number of esters is 1. The van der Waals surface area contributed by atoms with Crippen molar-refractivity contribution in [1.82, 2.24) is 14.6 Å². The van der Waals surface area contributed by atoms with Crippen molar-refractivity contribution >= 4 is 44.5 Å². The van der Waals surface area contributed by atoms with Gasteiger partial charge in [0, 0.05) is 36.1 Å². The van der Waals surface area contributed by atoms with Crippen molar-refractivity contribution in [2.45, 2.75) is 146 Å². The van der Waals surface area contributed by atoms with Gasteiger partial charge in [-0.2, -0.15) is 0 Å². The highest BCUT2D eigenvalue weighted by atomic mass is 32.2. The molecule has 2 aromatic rings. The highest BCUT2D eigenvalue weighted by Gasteiger charge is 2.64. The molecule has 5 aliphatic rings. The number of alkyl halides is 1. The van der Waals surface area contributed by atoms with Crippen molar-refractivity contribution in [1.29, 1.82) is 0 Å². The number of nitrogens with one attached hydrogen (secondary N) is 1. The van der Waals surface area contributed by atoms with E-state index in [4.69, 9.17) is 19.2 Å². The number of amides is 2. The summed E-state index contributed by atoms with van der Waals surface area (Å²) in [6.07, 6.45) is 6.54. The molecule has 2 saturated carbocycles. The van der Waals surface area contributed by atoms with Gasteiger partial charge in [0.1, 0.15) is 28.9 Å². The maximum Gasteiger partial charge on any atom is 0.307 e. The van der Waals surface area contributed by atoms with Gasteiger partial charge in [0.15, 0.2) is 5.78 Å². The van der Waals surface area contributed by atoms with Gasteiger partial charge in [-0.1, -0.05) is 31.9 Å². The van der Waals surface area contributed by atoms with E-state index < -0.39 is 73.1 Å². The molecule has 57 heavy (non-hydrogen) atoms. The number of pyridine rings is 1. The molecule has 1 aromatic heterocycles. The van der Waals surface area contributed by atoms with E-state index >= 15 is 4.39 Å². The molecule has 2 aliphatic carbocycles. The van der Waals surface area contributed by atoms with Gasteiger partial charge in [0.25, 0.3) is 0 Å². The van der Waals surface area contributed by atoms with Crippen LogP contribution in [-0.2, 0) is 40.4 Å². The summed E-state index contributed by atoms with van der Waals surface area (Å²) in [6, 6.07) is 4.16. The molecule has 3 fully saturated rings. The molecule has 1 aromatic carbocycles. The number of methoxy groups -OCH3 is 1. The summed E-state index contributed by atoms with van der Waals surface area (Å²) in [5.41, 5.74) is -1.95. The molecule has 1 N–H and O–H groups in total. The number of aromatic nitrogens is 1. The molecule has 2 amide bonds. The fourth-order valence-electron chi connectivity index (χ4n) is 9.04. The van der Waals surface area contributed by atoms with E-state index in [2.05, 4.69) is 4.72 Å². The number of carbonyl (C=O) groups excluding carboxylic acids is 4. The number of Topliss-reactive ketones (excluding diaryl/α,β-unsaturated/α-hetero) is 1. The number of carbonyl (C=O) groups is 4. The SMILES string of the molecule is CCc1nc2ccc(OC)cc2c2c1O[C@@]1(CC3C(=O)C[C@]4(C(=O)NS(=O)(=O)C5(C)CC5)C[C@H]4/C=C\CCCCC[C@H](CC(=O)OC(C)(C)C)C(=O)N3C1)C[C@H]2F. The zero-order valence-corrected chi connectivity index (χ0v) is 34.8. The van der Waals surface area contributed by atoms with Crippen LogP contribution in [-0.4, -0.2) is 77.5 Å². The Morgan fingerprint density at radius 3 is 2.54 bits per heavy atom. The van der Waals surface area contributed by atoms with Crippen LogP contribution in [0.1, 0.15) is 129 Å². The summed E-state index contributed by atoms with van der Waals surface area (Å²) in [5, 5.41) is 0.553. The van der Waals surface area contributed by atoms with Crippen molar-refractivity contribution < 1.29 is 46.2 Å². The predicted octanol–water partition coefficient (Wildman–Crippen LogP) is 6.77. The Balaban J connectivity index is 1.27. The van der Waals surface area contributed by atoms with Crippen LogP contribution in [0.3, 0.4) is 0 Å². The highest BCUT2D eigenvalue weighted by molar-refractivity contribution is 7.91. The second-order valence-corrected chi connectivity index (χ2v) is 20.4. The maximum atomic E-state index is 16.9. The molecular weight excluding hydrogens is 754 g/mol. The lowest BCUT2D eigenvalue weighted by Gasteiger charge is -2.38. The van der Waals surface area contributed by atoms with E-state index in [0.29, 0.717) is 66.4 Å². The molecule has 7 rings (SSSR count). The minimum atomic E-state index is -3.99. The van der Waals surface area contributed by atoms with Crippen LogP contribution in [0.2, 0.25) is 0 Å². The maximum absolute atomic E-state index is 16.9. The third-order valence-electron chi connectivity index (χ3n) is 12.7. The quantitative estimate of drug-likeness (QED) is 0.234. The number of aryl methyl sites for hydroxylation is 1. The van der Waals surface area contributed by atoms with E-state index in [9.17, 15) is 27.6 Å². The van der Waals surface area contributed by atoms with E-state index in [1.165, 1.54) is 12.0 Å². The number of benzene rings is 1. The minimum absolute atomic E-state index is 0.0511. The molecule has 14 heteroatoms. The zero-order chi connectivity index (χ0) is 41.1. The normalized spacial score (nSPS) is 30.5. The second kappa shape index (κ2) is 14.9. The van der Waals surface area contributed by atoms with Crippen LogP contribution in [0, 0.1) is 17.3 Å². The average Bonchev–Trinajstić information content (AvgIpc) is 4.03. The first-order valence-corrected chi connectivity index (χ1v) is 21.9. The van der Waals surface area contributed by atoms with Crippen LogP contribution in [0.15, 0.2) is 30.4 Å². The van der Waals surface area contributed by atoms with Crippen molar-refractivity contribution in [3.8, 4) is 11.5 Å². The number of ketones is 1. The van der Waals surface area contributed by atoms with Crippen molar-refractivity contribution in [2.24, 2.45) is 17.3 Å². The molecule has 1 spiro atoms. The Morgan fingerprint density at radius 1 is 1.11 bits per heavy atom. The third kappa shape index (κ3) is 8.04. The Bertz CT molecular complexity index is 2110. The molecule has 0 bridgehead atoms. The number of ether oxygens (including phenoxy) is 3. The highest BCUT2D eigenvalue weighted by Crippen LogP contribution is 2.58. The van der Waals surface area contributed by atoms with Gasteiger partial charge in [0.05, 0.1) is 47.5 Å². The molecule has 6 atom stereocenters. The Labute approximate surface area is 334 Å². The first kappa shape index (κ1) is 41.1. The number of halogens is 1. The molecule has 310 valence electrons. The van der Waals surface area contributed by atoms with Crippen molar-refractivity contribution in [2.75, 3.05) is 13.7 Å². The predicted molar refractivity (Wildman–Crippen MR) is 211 cm³/mol. The lowest BCUT2D eigenvalue weighted by atomic mass is 9.84. The largest absolute Gasteiger partial charge is 0.497 e. The van der Waals surface area contributed by atoms with Gasteiger partial charge in [-0.3, -0.25) is 23.9 Å². The second-order valence-electron chi connectivity index (χ2n) is 18.2. The van der Waals surface area contributed by atoms with Crippen LogP contribution in [0.25, 0.3) is 10.9 Å². The summed E-state index contributed by atoms with van der Waals surface area (Å²) in [7, 11) is -2.46. The number of hydrogen-bond acceptors (Lipinski definition) is 10. The Hall–Kier alpha value is -4.07. The summed E-state index contributed by atoms with van der Waals surface area (Å²) < 4.78 is 62.7. The van der Waals surface area contributed by atoms with Gasteiger partial charge in [0.2, 0.25) is 21.8 Å². The summed E-state index contributed by atoms with van der Waals surface area (Å²) in [5.74, 6) is -2.49. The summed E-state index contributed by atoms with van der Waals surface area (Å²) >= 11 is 0. The summed E-state index contributed by atoms with van der Waals surface area (Å²) in [6.45, 7) is 8.65. The van der Waals surface area contributed by atoms with Gasteiger partial charge in [-0.25, -0.2) is 17.8 Å². The molecule has 1 unspecified atom stereocenters. The first-order valence-electron chi connectivity index (χ1n) is 20.5. The first-order chi connectivity index (χ1) is 26.8. The molecule has 3 aliphatic heterocycles. The van der Waals surface area contributed by atoms with Crippen molar-refractivity contribution in [3.05, 3.63) is 41.6 Å². The molecule has 12 nitrogen and oxygen atoms in total.